The standard InChI is InChI=1S/C11H14N4O3.ClH/c16-11(9-1-2-10(13-9)15(17)18)14-5-7-3-12-4-8(7)6-14;/h1-2,7-8,12-13H,3-6H2;1H/t7-,8+;. The molecule has 2 aliphatic heterocycles. The molecule has 2 fully saturated rings. The van der Waals surface area contributed by atoms with Gasteiger partial charge in [-0.1, -0.05) is 0 Å². The Morgan fingerprint density at radius 3 is 2.47 bits per heavy atom. The molecule has 3 heterocycles. The highest BCUT2D eigenvalue weighted by molar-refractivity contribution is 5.93. The van der Waals surface area contributed by atoms with E-state index in [4.69, 9.17) is 0 Å². The van der Waals surface area contributed by atoms with Gasteiger partial charge in [0.15, 0.2) is 5.69 Å². The van der Waals surface area contributed by atoms with Crippen molar-refractivity contribution in [3.8, 4) is 0 Å². The zero-order valence-electron chi connectivity index (χ0n) is 10.2. The third-order valence-electron chi connectivity index (χ3n) is 3.77. The second kappa shape index (κ2) is 5.18. The first kappa shape index (κ1) is 13.8. The van der Waals surface area contributed by atoms with Crippen LogP contribution in [0.2, 0.25) is 0 Å². The molecule has 1 aromatic rings. The molecule has 19 heavy (non-hydrogen) atoms. The van der Waals surface area contributed by atoms with E-state index >= 15 is 0 Å². The van der Waals surface area contributed by atoms with Crippen LogP contribution in [-0.2, 0) is 0 Å². The fourth-order valence-electron chi connectivity index (χ4n) is 2.81. The van der Waals surface area contributed by atoms with Gasteiger partial charge in [0.05, 0.1) is 0 Å². The highest BCUT2D eigenvalue weighted by Crippen LogP contribution is 2.27. The quantitative estimate of drug-likeness (QED) is 0.616. The van der Waals surface area contributed by atoms with Crippen LogP contribution >= 0.6 is 12.4 Å². The van der Waals surface area contributed by atoms with Gasteiger partial charge >= 0.3 is 5.82 Å². The largest absolute Gasteiger partial charge is 0.358 e. The zero-order chi connectivity index (χ0) is 12.7. The number of likely N-dealkylation sites (tertiary alicyclic amines) is 1. The molecule has 0 unspecified atom stereocenters. The molecular formula is C11H15ClN4O3. The predicted octanol–water partition coefficient (Wildman–Crippen LogP) is 0.636. The summed E-state index contributed by atoms with van der Waals surface area (Å²) in [6.07, 6.45) is 0. The van der Waals surface area contributed by atoms with Crippen molar-refractivity contribution in [2.45, 2.75) is 0 Å². The van der Waals surface area contributed by atoms with Crippen molar-refractivity contribution >= 4 is 24.1 Å². The third-order valence-corrected chi connectivity index (χ3v) is 3.77. The van der Waals surface area contributed by atoms with Gasteiger partial charge in [-0.15, -0.1) is 12.4 Å². The number of halogens is 1. The molecule has 0 aliphatic carbocycles. The molecule has 2 atom stereocenters. The number of H-pyrrole nitrogens is 1. The van der Waals surface area contributed by atoms with Crippen molar-refractivity contribution in [2.24, 2.45) is 11.8 Å². The molecule has 0 aromatic carbocycles. The first-order valence-electron chi connectivity index (χ1n) is 5.98. The summed E-state index contributed by atoms with van der Waals surface area (Å²) >= 11 is 0. The Balaban J connectivity index is 0.00000133. The van der Waals surface area contributed by atoms with E-state index in [2.05, 4.69) is 10.3 Å². The van der Waals surface area contributed by atoms with E-state index < -0.39 is 4.92 Å². The van der Waals surface area contributed by atoms with Crippen LogP contribution in [0.25, 0.3) is 0 Å². The van der Waals surface area contributed by atoms with Crippen LogP contribution in [0.3, 0.4) is 0 Å². The maximum Gasteiger partial charge on any atom is 0.321 e. The van der Waals surface area contributed by atoms with Crippen LogP contribution in [0.5, 0.6) is 0 Å². The number of nitro groups is 1. The van der Waals surface area contributed by atoms with E-state index in [1.54, 1.807) is 4.90 Å². The number of rotatable bonds is 2. The Bertz CT molecular complexity index is 492. The molecule has 8 heteroatoms. The number of hydrogen-bond donors (Lipinski definition) is 2. The van der Waals surface area contributed by atoms with Gasteiger partial charge in [-0.2, -0.15) is 0 Å². The maximum absolute atomic E-state index is 12.2. The van der Waals surface area contributed by atoms with Crippen LogP contribution in [0.1, 0.15) is 10.5 Å². The molecular weight excluding hydrogens is 272 g/mol. The number of aromatic amines is 1. The van der Waals surface area contributed by atoms with Crippen molar-refractivity contribution < 1.29 is 9.72 Å². The minimum atomic E-state index is -0.528. The summed E-state index contributed by atoms with van der Waals surface area (Å²) in [6.45, 7) is 3.39. The number of nitrogens with one attached hydrogen (secondary N) is 2. The van der Waals surface area contributed by atoms with E-state index in [0.717, 1.165) is 26.2 Å². The average molecular weight is 287 g/mol. The topological polar surface area (TPSA) is 91.3 Å². The SMILES string of the molecule is Cl.O=C(c1ccc([N+](=O)[O-])[nH]1)N1C[C@H]2CNC[C@H]2C1. The van der Waals surface area contributed by atoms with E-state index in [1.807, 2.05) is 0 Å². The lowest BCUT2D eigenvalue weighted by molar-refractivity contribution is -0.389. The second-order valence-corrected chi connectivity index (χ2v) is 4.90. The molecule has 1 aromatic heterocycles. The fraction of sp³-hybridized carbons (Fsp3) is 0.545. The van der Waals surface area contributed by atoms with Crippen molar-refractivity contribution in [1.82, 2.24) is 15.2 Å². The highest BCUT2D eigenvalue weighted by atomic mass is 35.5. The monoisotopic (exact) mass is 286 g/mol. The van der Waals surface area contributed by atoms with Crippen LogP contribution < -0.4 is 5.32 Å². The van der Waals surface area contributed by atoms with Gasteiger partial charge in [0.1, 0.15) is 0 Å². The smallest absolute Gasteiger partial charge is 0.321 e. The summed E-state index contributed by atoms with van der Waals surface area (Å²) in [7, 11) is 0. The molecule has 2 N–H and O–H groups in total. The lowest BCUT2D eigenvalue weighted by atomic mass is 10.0. The summed E-state index contributed by atoms with van der Waals surface area (Å²) in [6, 6.07) is 2.80. The van der Waals surface area contributed by atoms with Gasteiger partial charge in [-0.05, 0) is 22.8 Å². The molecule has 1 amide bonds. The molecule has 2 saturated heterocycles. The number of nitrogens with zero attached hydrogens (tertiary/aromatic N) is 2. The normalized spacial score (nSPS) is 24.9. The molecule has 104 valence electrons. The first-order valence-corrected chi connectivity index (χ1v) is 5.98. The number of hydrogen-bond acceptors (Lipinski definition) is 4. The number of carbonyl (C=O) groups is 1. The lowest BCUT2D eigenvalue weighted by Crippen LogP contribution is -2.32. The van der Waals surface area contributed by atoms with E-state index in [0.29, 0.717) is 17.5 Å². The molecule has 0 saturated carbocycles. The zero-order valence-corrected chi connectivity index (χ0v) is 11.0. The highest BCUT2D eigenvalue weighted by Gasteiger charge is 2.39. The Hall–Kier alpha value is -1.60. The van der Waals surface area contributed by atoms with Gasteiger partial charge in [0.2, 0.25) is 0 Å². The van der Waals surface area contributed by atoms with Crippen LogP contribution in [-0.4, -0.2) is 46.9 Å². The first-order chi connectivity index (χ1) is 8.65. The Labute approximate surface area is 115 Å². The third kappa shape index (κ3) is 2.43. The van der Waals surface area contributed by atoms with Crippen LogP contribution in [0.4, 0.5) is 5.82 Å². The summed E-state index contributed by atoms with van der Waals surface area (Å²) in [4.78, 5) is 26.5. The van der Waals surface area contributed by atoms with E-state index in [9.17, 15) is 14.9 Å². The molecule has 7 nitrogen and oxygen atoms in total. The summed E-state index contributed by atoms with van der Waals surface area (Å²) < 4.78 is 0. The molecule has 0 bridgehead atoms. The Morgan fingerprint density at radius 1 is 1.32 bits per heavy atom. The van der Waals surface area contributed by atoms with Crippen molar-refractivity contribution in [3.05, 3.63) is 27.9 Å². The number of carbonyl (C=O) groups excluding carboxylic acids is 1. The second-order valence-electron chi connectivity index (χ2n) is 4.90. The lowest BCUT2D eigenvalue weighted by Gasteiger charge is -2.15. The van der Waals surface area contributed by atoms with E-state index in [1.165, 1.54) is 12.1 Å². The number of fused-ring (bicyclic) bond motifs is 1. The van der Waals surface area contributed by atoms with E-state index in [-0.39, 0.29) is 24.1 Å². The van der Waals surface area contributed by atoms with Gasteiger partial charge in [0, 0.05) is 32.2 Å². The fourth-order valence-corrected chi connectivity index (χ4v) is 2.81. The maximum atomic E-state index is 12.2. The summed E-state index contributed by atoms with van der Waals surface area (Å²) in [5.74, 6) is 0.773. The Kier molecular flexibility index (Phi) is 3.77. The molecule has 3 rings (SSSR count). The number of amides is 1. The van der Waals surface area contributed by atoms with Crippen LogP contribution in [0.15, 0.2) is 12.1 Å². The Morgan fingerprint density at radius 2 is 1.95 bits per heavy atom. The van der Waals surface area contributed by atoms with Crippen molar-refractivity contribution in [2.75, 3.05) is 26.2 Å². The van der Waals surface area contributed by atoms with Gasteiger partial charge in [-0.25, -0.2) is 4.98 Å². The molecule has 0 spiro atoms. The minimum Gasteiger partial charge on any atom is -0.358 e. The minimum absolute atomic E-state index is 0. The molecule has 0 radical (unpaired) electrons. The van der Waals surface area contributed by atoms with Crippen molar-refractivity contribution in [1.29, 1.82) is 0 Å². The van der Waals surface area contributed by atoms with Gasteiger partial charge in [0.25, 0.3) is 5.91 Å². The van der Waals surface area contributed by atoms with Crippen molar-refractivity contribution in [3.63, 3.8) is 0 Å². The van der Waals surface area contributed by atoms with Gasteiger partial charge < -0.3 is 20.3 Å². The average Bonchev–Trinajstić information content (AvgIpc) is 3.02. The molecule has 2 aliphatic rings. The summed E-state index contributed by atoms with van der Waals surface area (Å²) in [5, 5.41) is 13.9. The van der Waals surface area contributed by atoms with Gasteiger partial charge in [-0.3, -0.25) is 4.79 Å². The number of aromatic nitrogens is 1. The predicted molar refractivity (Wildman–Crippen MR) is 70.4 cm³/mol. The van der Waals surface area contributed by atoms with Crippen LogP contribution in [0, 0.1) is 22.0 Å². The summed E-state index contributed by atoms with van der Waals surface area (Å²) in [5.41, 5.74) is 0.301.